The van der Waals surface area contributed by atoms with Gasteiger partial charge in [-0.2, -0.15) is 0 Å². The zero-order chi connectivity index (χ0) is 21.0. The summed E-state index contributed by atoms with van der Waals surface area (Å²) < 4.78 is 0. The topological polar surface area (TPSA) is 20.2 Å². The summed E-state index contributed by atoms with van der Waals surface area (Å²) in [6, 6.07) is 0. The molecule has 0 spiro atoms. The zero-order valence-corrected chi connectivity index (χ0v) is 20.2. The van der Waals surface area contributed by atoms with E-state index in [1.54, 1.807) is 0 Å². The van der Waals surface area contributed by atoms with Crippen molar-refractivity contribution in [3.8, 4) is 0 Å². The summed E-state index contributed by atoms with van der Waals surface area (Å²) in [7, 11) is 0. The minimum absolute atomic E-state index is 0.327. The number of hydrogen-bond acceptors (Lipinski definition) is 1. The first kappa shape index (κ1) is 21.9. The van der Waals surface area contributed by atoms with Gasteiger partial charge in [0.05, 0.1) is 5.60 Å². The van der Waals surface area contributed by atoms with Gasteiger partial charge in [-0.15, -0.1) is 0 Å². The van der Waals surface area contributed by atoms with E-state index in [1.807, 2.05) is 0 Å². The molecular weight excluding hydrogens is 352 g/mol. The van der Waals surface area contributed by atoms with E-state index in [9.17, 15) is 5.11 Å². The molecule has 1 heteroatoms. The Kier molecular flexibility index (Phi) is 5.81. The highest BCUT2D eigenvalue weighted by atomic mass is 16.3. The molecule has 9 atom stereocenters. The van der Waals surface area contributed by atoms with Crippen LogP contribution in [0.15, 0.2) is 12.2 Å². The van der Waals surface area contributed by atoms with Crippen LogP contribution in [0.25, 0.3) is 0 Å². The maximum atomic E-state index is 11.6. The second kappa shape index (κ2) is 7.68. The molecule has 0 aromatic heterocycles. The monoisotopic (exact) mass is 400 g/mol. The van der Waals surface area contributed by atoms with E-state index in [0.29, 0.717) is 28.6 Å². The Balaban J connectivity index is 1.55. The number of aliphatic hydroxyl groups is 1. The SMILES string of the molecule is CC(C)[C@@H](C)C=C[C@](C)(O)[C@H]1CC[C@H]2[C@@H]3CCC4CCCC[C@]4(C)[C@H]3CC[C@@]21C. The average molecular weight is 401 g/mol. The maximum Gasteiger partial charge on any atom is 0.0833 e. The van der Waals surface area contributed by atoms with E-state index < -0.39 is 5.60 Å². The van der Waals surface area contributed by atoms with E-state index in [4.69, 9.17) is 0 Å². The normalized spacial score (nSPS) is 48.1. The van der Waals surface area contributed by atoms with E-state index in [2.05, 4.69) is 53.7 Å². The van der Waals surface area contributed by atoms with Crippen molar-refractivity contribution in [3.63, 3.8) is 0 Å². The van der Waals surface area contributed by atoms with Gasteiger partial charge in [-0.25, -0.2) is 0 Å². The molecule has 4 aliphatic rings. The molecule has 0 heterocycles. The van der Waals surface area contributed by atoms with Gasteiger partial charge in [-0.1, -0.05) is 59.6 Å². The van der Waals surface area contributed by atoms with Crippen molar-refractivity contribution in [2.75, 3.05) is 0 Å². The average Bonchev–Trinajstić information content (AvgIpc) is 3.03. The van der Waals surface area contributed by atoms with Gasteiger partial charge in [0.15, 0.2) is 0 Å². The molecule has 0 saturated heterocycles. The standard InChI is InChI=1S/C28H48O/c1-19(2)20(3)14-18-28(6,29)25-13-12-23-22-11-10-21-9-7-8-16-26(21,4)24(22)15-17-27(23,25)5/h14,18-25,29H,7-13,15-17H2,1-6H3/t20-,21?,22-,23-,24-,25-,26-,27-,28-/m0/s1. The van der Waals surface area contributed by atoms with Crippen molar-refractivity contribution in [1.82, 2.24) is 0 Å². The van der Waals surface area contributed by atoms with Gasteiger partial charge in [0.25, 0.3) is 0 Å². The highest BCUT2D eigenvalue weighted by Crippen LogP contribution is 2.68. The number of fused-ring (bicyclic) bond motifs is 5. The Morgan fingerprint density at radius 2 is 1.59 bits per heavy atom. The number of hydrogen-bond donors (Lipinski definition) is 1. The first-order valence-electron chi connectivity index (χ1n) is 13.0. The summed E-state index contributed by atoms with van der Waals surface area (Å²) in [5.74, 6) is 5.32. The molecule has 0 aromatic carbocycles. The van der Waals surface area contributed by atoms with Crippen molar-refractivity contribution >= 4 is 0 Å². The van der Waals surface area contributed by atoms with E-state index in [0.717, 1.165) is 23.7 Å². The molecule has 4 fully saturated rings. The molecule has 1 unspecified atom stereocenters. The van der Waals surface area contributed by atoms with Crippen molar-refractivity contribution in [1.29, 1.82) is 0 Å². The van der Waals surface area contributed by atoms with E-state index >= 15 is 0 Å². The number of allylic oxidation sites excluding steroid dienone is 1. The van der Waals surface area contributed by atoms with Crippen LogP contribution in [0.2, 0.25) is 0 Å². The molecule has 4 aliphatic carbocycles. The zero-order valence-electron chi connectivity index (χ0n) is 20.2. The van der Waals surface area contributed by atoms with Crippen molar-refractivity contribution in [3.05, 3.63) is 12.2 Å². The molecule has 4 rings (SSSR count). The first-order valence-corrected chi connectivity index (χ1v) is 13.0. The van der Waals surface area contributed by atoms with Crippen LogP contribution in [-0.2, 0) is 0 Å². The highest BCUT2D eigenvalue weighted by molar-refractivity contribution is 5.15. The third kappa shape index (κ3) is 3.56. The Labute approximate surface area is 181 Å². The lowest BCUT2D eigenvalue weighted by atomic mass is 9.44. The van der Waals surface area contributed by atoms with E-state index in [-0.39, 0.29) is 0 Å². The summed E-state index contributed by atoms with van der Waals surface area (Å²) in [6.45, 7) is 14.2. The fraction of sp³-hybridized carbons (Fsp3) is 0.929. The van der Waals surface area contributed by atoms with Gasteiger partial charge in [-0.05, 0) is 111 Å². The molecule has 0 aliphatic heterocycles. The third-order valence-corrected chi connectivity index (χ3v) is 11.1. The van der Waals surface area contributed by atoms with Gasteiger partial charge in [-0.3, -0.25) is 0 Å². The molecule has 0 bridgehead atoms. The lowest BCUT2D eigenvalue weighted by Gasteiger charge is -2.61. The fourth-order valence-corrected chi connectivity index (χ4v) is 8.94. The van der Waals surface area contributed by atoms with Crippen LogP contribution in [-0.4, -0.2) is 10.7 Å². The van der Waals surface area contributed by atoms with Crippen LogP contribution in [0.5, 0.6) is 0 Å². The van der Waals surface area contributed by atoms with Gasteiger partial charge in [0.1, 0.15) is 0 Å². The number of rotatable bonds is 4. The molecule has 29 heavy (non-hydrogen) atoms. The van der Waals surface area contributed by atoms with Crippen LogP contribution < -0.4 is 0 Å². The Morgan fingerprint density at radius 1 is 0.862 bits per heavy atom. The van der Waals surface area contributed by atoms with Crippen LogP contribution in [0.1, 0.15) is 106 Å². The minimum Gasteiger partial charge on any atom is -0.386 e. The molecule has 1 N–H and O–H groups in total. The van der Waals surface area contributed by atoms with Crippen molar-refractivity contribution in [2.24, 2.45) is 52.3 Å². The lowest BCUT2D eigenvalue weighted by molar-refractivity contribution is -0.126. The van der Waals surface area contributed by atoms with Crippen molar-refractivity contribution in [2.45, 2.75) is 111 Å². The molecular formula is C28H48O. The Bertz CT molecular complexity index is 618. The summed E-state index contributed by atoms with van der Waals surface area (Å²) >= 11 is 0. The quantitative estimate of drug-likeness (QED) is 0.481. The molecule has 0 radical (unpaired) electrons. The largest absolute Gasteiger partial charge is 0.386 e. The Morgan fingerprint density at radius 3 is 2.31 bits per heavy atom. The summed E-state index contributed by atoms with van der Waals surface area (Å²) in [5.41, 5.74) is 0.287. The second-order valence-electron chi connectivity index (χ2n) is 12.8. The first-order chi connectivity index (χ1) is 13.6. The molecule has 0 aromatic rings. The van der Waals surface area contributed by atoms with Crippen LogP contribution in [0.3, 0.4) is 0 Å². The second-order valence-corrected chi connectivity index (χ2v) is 12.8. The van der Waals surface area contributed by atoms with Gasteiger partial charge < -0.3 is 5.11 Å². The summed E-state index contributed by atoms with van der Waals surface area (Å²) in [6.07, 6.45) is 18.7. The minimum atomic E-state index is -0.661. The third-order valence-electron chi connectivity index (χ3n) is 11.1. The summed E-state index contributed by atoms with van der Waals surface area (Å²) in [4.78, 5) is 0. The van der Waals surface area contributed by atoms with Gasteiger partial charge in [0.2, 0.25) is 0 Å². The van der Waals surface area contributed by atoms with Gasteiger partial charge >= 0.3 is 0 Å². The molecule has 0 amide bonds. The van der Waals surface area contributed by atoms with Crippen LogP contribution >= 0.6 is 0 Å². The highest BCUT2D eigenvalue weighted by Gasteiger charge is 2.61. The van der Waals surface area contributed by atoms with Crippen molar-refractivity contribution < 1.29 is 5.11 Å². The van der Waals surface area contributed by atoms with Crippen LogP contribution in [0, 0.1) is 52.3 Å². The van der Waals surface area contributed by atoms with Gasteiger partial charge in [0, 0.05) is 0 Å². The molecule has 4 saturated carbocycles. The Hall–Kier alpha value is -0.300. The van der Waals surface area contributed by atoms with Crippen LogP contribution in [0.4, 0.5) is 0 Å². The predicted octanol–water partition coefficient (Wildman–Crippen LogP) is 7.63. The summed E-state index contributed by atoms with van der Waals surface area (Å²) in [5, 5.41) is 11.6. The lowest BCUT2D eigenvalue weighted by Crippen LogP contribution is -2.54. The molecule has 166 valence electrons. The molecule has 1 nitrogen and oxygen atoms in total. The van der Waals surface area contributed by atoms with E-state index in [1.165, 1.54) is 64.2 Å². The predicted molar refractivity (Wildman–Crippen MR) is 124 cm³/mol. The maximum absolute atomic E-state index is 11.6. The fourth-order valence-electron chi connectivity index (χ4n) is 8.94. The smallest absolute Gasteiger partial charge is 0.0833 e.